The number of aromatic amines is 1. The Kier molecular flexibility index (Phi) is 2.95. The fraction of sp³-hybridized carbons (Fsp3) is 0.0667. The van der Waals surface area contributed by atoms with E-state index in [0.29, 0.717) is 17.2 Å². The van der Waals surface area contributed by atoms with Gasteiger partial charge in [-0.2, -0.15) is 0 Å². The van der Waals surface area contributed by atoms with Crippen LogP contribution in [0.1, 0.15) is 6.92 Å². The molecular weight excluding hydrogens is 255 g/mol. The average molecular weight is 268 g/mol. The average Bonchev–Trinajstić information content (AvgIpc) is 2.81. The van der Waals surface area contributed by atoms with Crippen LogP contribution < -0.4 is 5.32 Å². The van der Waals surface area contributed by atoms with Gasteiger partial charge in [0, 0.05) is 11.3 Å². The van der Waals surface area contributed by atoms with E-state index in [0.717, 1.165) is 16.7 Å². The van der Waals surface area contributed by atoms with Crippen LogP contribution in [-0.4, -0.2) is 15.8 Å². The van der Waals surface area contributed by atoms with E-state index < -0.39 is 0 Å². The Hall–Kier alpha value is -2.69. The van der Waals surface area contributed by atoms with Crippen LogP contribution in [0, 0.1) is 11.2 Å². The van der Waals surface area contributed by atoms with Gasteiger partial charge in [0.15, 0.2) is 0 Å². The highest BCUT2D eigenvalue weighted by molar-refractivity contribution is 5.93. The smallest absolute Gasteiger partial charge is 0.138 e. The van der Waals surface area contributed by atoms with Crippen molar-refractivity contribution in [1.82, 2.24) is 9.97 Å². The zero-order valence-electron chi connectivity index (χ0n) is 10.9. The number of anilines is 1. The molecule has 2 aromatic carbocycles. The van der Waals surface area contributed by atoms with E-state index in [1.165, 1.54) is 12.1 Å². The first kappa shape index (κ1) is 12.3. The second kappa shape index (κ2) is 4.77. The molecule has 1 heterocycles. The van der Waals surface area contributed by atoms with E-state index in [1.54, 1.807) is 13.0 Å². The van der Waals surface area contributed by atoms with Crippen LogP contribution in [0.25, 0.3) is 22.4 Å². The van der Waals surface area contributed by atoms with E-state index >= 15 is 0 Å². The Bertz CT molecular complexity index is 791. The molecule has 0 atom stereocenters. The number of benzene rings is 2. The molecule has 0 aliphatic rings. The molecule has 1 aromatic heterocycles. The summed E-state index contributed by atoms with van der Waals surface area (Å²) in [5, 5.41) is 10.4. The lowest BCUT2D eigenvalue weighted by Crippen LogP contribution is -2.04. The van der Waals surface area contributed by atoms with Gasteiger partial charge in [0.05, 0.1) is 16.9 Å². The number of halogens is 1. The molecule has 0 aliphatic carbocycles. The Morgan fingerprint density at radius 3 is 2.85 bits per heavy atom. The molecule has 0 spiro atoms. The number of rotatable bonds is 2. The van der Waals surface area contributed by atoms with E-state index in [-0.39, 0.29) is 5.82 Å². The summed E-state index contributed by atoms with van der Waals surface area (Å²) < 4.78 is 13.2. The molecule has 3 aromatic rings. The zero-order valence-corrected chi connectivity index (χ0v) is 10.9. The largest absolute Gasteiger partial charge is 0.344 e. The molecule has 0 fully saturated rings. The second-order valence-electron chi connectivity index (χ2n) is 4.58. The minimum absolute atomic E-state index is 0.287. The summed E-state index contributed by atoms with van der Waals surface area (Å²) in [6.45, 7) is 1.68. The summed E-state index contributed by atoms with van der Waals surface area (Å²) in [7, 11) is 0. The van der Waals surface area contributed by atoms with E-state index in [4.69, 9.17) is 5.41 Å². The first-order valence-corrected chi connectivity index (χ1v) is 6.20. The Labute approximate surface area is 115 Å². The number of imidazole rings is 1. The molecule has 3 N–H and O–H groups in total. The minimum atomic E-state index is -0.287. The predicted octanol–water partition coefficient (Wildman–Crippen LogP) is 3.78. The van der Waals surface area contributed by atoms with Crippen LogP contribution in [0.2, 0.25) is 0 Å². The Balaban J connectivity index is 2.04. The molecule has 0 aliphatic heterocycles. The number of nitrogens with zero attached hydrogens (tertiary/aromatic N) is 1. The number of amidine groups is 1. The highest BCUT2D eigenvalue weighted by Crippen LogP contribution is 2.23. The van der Waals surface area contributed by atoms with Crippen molar-refractivity contribution in [2.24, 2.45) is 0 Å². The fourth-order valence-corrected chi connectivity index (χ4v) is 2.08. The number of H-pyrrole nitrogens is 1. The normalized spacial score (nSPS) is 10.7. The summed E-state index contributed by atoms with van der Waals surface area (Å²) in [6.07, 6.45) is 0. The number of aromatic nitrogens is 2. The lowest BCUT2D eigenvalue weighted by atomic mass is 10.2. The molecule has 0 radical (unpaired) electrons. The molecule has 100 valence electrons. The van der Waals surface area contributed by atoms with E-state index in [9.17, 15) is 4.39 Å². The van der Waals surface area contributed by atoms with Gasteiger partial charge in [0.1, 0.15) is 11.6 Å². The van der Waals surface area contributed by atoms with Crippen LogP contribution in [0.15, 0.2) is 42.5 Å². The second-order valence-corrected chi connectivity index (χ2v) is 4.58. The molecule has 0 unspecified atom stereocenters. The lowest BCUT2D eigenvalue weighted by Gasteiger charge is -2.02. The van der Waals surface area contributed by atoms with Crippen molar-refractivity contribution in [2.45, 2.75) is 6.92 Å². The third kappa shape index (κ3) is 2.38. The van der Waals surface area contributed by atoms with Crippen LogP contribution in [-0.2, 0) is 0 Å². The molecule has 5 heteroatoms. The van der Waals surface area contributed by atoms with Crippen molar-refractivity contribution in [3.63, 3.8) is 0 Å². The molecular formula is C15H13FN4. The van der Waals surface area contributed by atoms with E-state index in [1.807, 2.05) is 24.3 Å². The maximum Gasteiger partial charge on any atom is 0.138 e. The summed E-state index contributed by atoms with van der Waals surface area (Å²) in [6, 6.07) is 11.9. The molecule has 0 amide bonds. The Morgan fingerprint density at radius 2 is 2.10 bits per heavy atom. The molecule has 0 saturated heterocycles. The van der Waals surface area contributed by atoms with Gasteiger partial charge in [-0.3, -0.25) is 5.41 Å². The molecule has 20 heavy (non-hydrogen) atoms. The van der Waals surface area contributed by atoms with Gasteiger partial charge in [-0.15, -0.1) is 0 Å². The highest BCUT2D eigenvalue weighted by Gasteiger charge is 2.06. The van der Waals surface area contributed by atoms with Gasteiger partial charge in [-0.05, 0) is 37.3 Å². The third-order valence-electron chi connectivity index (χ3n) is 2.91. The topological polar surface area (TPSA) is 64.6 Å². The van der Waals surface area contributed by atoms with Gasteiger partial charge in [0.25, 0.3) is 0 Å². The van der Waals surface area contributed by atoms with E-state index in [2.05, 4.69) is 15.3 Å². The molecule has 0 bridgehead atoms. The van der Waals surface area contributed by atoms with Gasteiger partial charge < -0.3 is 10.3 Å². The van der Waals surface area contributed by atoms with Crippen LogP contribution in [0.3, 0.4) is 0 Å². The van der Waals surface area contributed by atoms with Crippen molar-refractivity contribution in [1.29, 1.82) is 5.41 Å². The van der Waals surface area contributed by atoms with Crippen LogP contribution in [0.4, 0.5) is 10.1 Å². The van der Waals surface area contributed by atoms with Gasteiger partial charge in [0.2, 0.25) is 0 Å². The zero-order chi connectivity index (χ0) is 14.1. The quantitative estimate of drug-likeness (QED) is 0.489. The fourth-order valence-electron chi connectivity index (χ4n) is 2.08. The minimum Gasteiger partial charge on any atom is -0.344 e. The molecule has 4 nitrogen and oxygen atoms in total. The first-order chi connectivity index (χ1) is 9.61. The number of hydrogen-bond donors (Lipinski definition) is 3. The highest BCUT2D eigenvalue weighted by atomic mass is 19.1. The molecule has 0 saturated carbocycles. The van der Waals surface area contributed by atoms with Gasteiger partial charge in [-0.25, -0.2) is 9.37 Å². The lowest BCUT2D eigenvalue weighted by molar-refractivity contribution is 0.628. The summed E-state index contributed by atoms with van der Waals surface area (Å²) >= 11 is 0. The SMILES string of the molecule is CC(=N)Nc1ccc2nc(-c3cccc(F)c3)[nH]c2c1. The maximum atomic E-state index is 13.2. The van der Waals surface area contributed by atoms with Crippen LogP contribution in [0.5, 0.6) is 0 Å². The molecule has 3 rings (SSSR count). The summed E-state index contributed by atoms with van der Waals surface area (Å²) in [5.41, 5.74) is 3.17. The maximum absolute atomic E-state index is 13.2. The standard InChI is InChI=1S/C15H13FN4/c1-9(17)18-12-5-6-13-14(8-12)20-15(19-13)10-3-2-4-11(16)7-10/h2-8H,1H3,(H2,17,18)(H,19,20). The number of fused-ring (bicyclic) bond motifs is 1. The van der Waals surface area contributed by atoms with Crippen molar-refractivity contribution in [3.05, 3.63) is 48.3 Å². The number of nitrogens with one attached hydrogen (secondary N) is 3. The third-order valence-corrected chi connectivity index (χ3v) is 2.91. The first-order valence-electron chi connectivity index (χ1n) is 6.20. The predicted molar refractivity (Wildman–Crippen MR) is 78.5 cm³/mol. The van der Waals surface area contributed by atoms with Gasteiger partial charge >= 0.3 is 0 Å². The number of hydrogen-bond acceptors (Lipinski definition) is 2. The monoisotopic (exact) mass is 268 g/mol. The van der Waals surface area contributed by atoms with Crippen molar-refractivity contribution < 1.29 is 4.39 Å². The van der Waals surface area contributed by atoms with Crippen LogP contribution >= 0.6 is 0 Å². The van der Waals surface area contributed by atoms with Crippen molar-refractivity contribution in [2.75, 3.05) is 5.32 Å². The summed E-state index contributed by atoms with van der Waals surface area (Å²) in [4.78, 5) is 7.61. The van der Waals surface area contributed by atoms with Gasteiger partial charge in [-0.1, -0.05) is 12.1 Å². The van der Waals surface area contributed by atoms with Crippen molar-refractivity contribution >= 4 is 22.6 Å². The van der Waals surface area contributed by atoms with Crippen molar-refractivity contribution in [3.8, 4) is 11.4 Å². The Morgan fingerprint density at radius 1 is 1.25 bits per heavy atom. The summed E-state index contributed by atoms with van der Waals surface area (Å²) in [5.74, 6) is 0.710.